The van der Waals surface area contributed by atoms with Crippen LogP contribution in [0.2, 0.25) is 0 Å². The van der Waals surface area contributed by atoms with Gasteiger partial charge in [-0.3, -0.25) is 38.7 Å². The third-order valence-corrected chi connectivity index (χ3v) is 11.9. The van der Waals surface area contributed by atoms with Gasteiger partial charge in [-0.2, -0.15) is 5.10 Å². The van der Waals surface area contributed by atoms with Crippen LogP contribution in [0.5, 0.6) is 11.5 Å². The first-order valence-electron chi connectivity index (χ1n) is 23.9. The average Bonchev–Trinajstić information content (AvgIpc) is 4.02. The number of carboxylic acids is 3. The number of hydrogen-bond donors (Lipinski definition) is 6. The summed E-state index contributed by atoms with van der Waals surface area (Å²) in [6, 6.07) is 12.7. The summed E-state index contributed by atoms with van der Waals surface area (Å²) in [4.78, 5) is 64.8. The van der Waals surface area contributed by atoms with Gasteiger partial charge in [0.25, 0.3) is 5.91 Å². The first-order chi connectivity index (χ1) is 33.2. The van der Waals surface area contributed by atoms with Gasteiger partial charge in [-0.05, 0) is 53.8 Å². The smallest absolute Gasteiger partial charge is 0.322 e. The van der Waals surface area contributed by atoms with Crippen molar-refractivity contribution in [2.75, 3.05) is 125 Å². The minimum absolute atomic E-state index is 0.0171. The zero-order chi connectivity index (χ0) is 50.1. The lowest BCUT2D eigenvalue weighted by Crippen LogP contribution is -2.43. The molecule has 0 spiro atoms. The number of methoxy groups -OCH3 is 2. The van der Waals surface area contributed by atoms with Crippen LogP contribution < -0.4 is 25.4 Å². The third kappa shape index (κ3) is 19.3. The number of ether oxygens (including phenoxy) is 4. The fourth-order valence-electron chi connectivity index (χ4n) is 8.38. The number of benzene rings is 2. The van der Waals surface area contributed by atoms with E-state index in [4.69, 9.17) is 24.1 Å². The van der Waals surface area contributed by atoms with Crippen LogP contribution in [-0.4, -0.2) is 189 Å². The molecule has 2 heterocycles. The Balaban J connectivity index is 0.00000117. The maximum Gasteiger partial charge on any atom is 0.322 e. The van der Waals surface area contributed by atoms with E-state index in [1.807, 2.05) is 36.9 Å². The van der Waals surface area contributed by atoms with Crippen molar-refractivity contribution in [2.24, 2.45) is 5.92 Å². The van der Waals surface area contributed by atoms with Crippen LogP contribution in [0.15, 0.2) is 42.5 Å². The van der Waals surface area contributed by atoms with E-state index in [0.29, 0.717) is 101 Å². The monoisotopic (exact) mass is 967 g/mol. The van der Waals surface area contributed by atoms with E-state index in [1.165, 1.54) is 52.7 Å². The summed E-state index contributed by atoms with van der Waals surface area (Å²) >= 11 is 0. The molecule has 1 aliphatic heterocycles. The van der Waals surface area contributed by atoms with Gasteiger partial charge in [-0.1, -0.05) is 65.4 Å². The van der Waals surface area contributed by atoms with Gasteiger partial charge < -0.3 is 50.2 Å². The van der Waals surface area contributed by atoms with Gasteiger partial charge in [0, 0.05) is 58.0 Å². The van der Waals surface area contributed by atoms with Gasteiger partial charge >= 0.3 is 17.9 Å². The van der Waals surface area contributed by atoms with E-state index >= 15 is 0 Å². The topological polar surface area (TPSA) is 247 Å². The van der Waals surface area contributed by atoms with E-state index in [2.05, 4.69) is 28.0 Å². The van der Waals surface area contributed by atoms with E-state index in [-0.39, 0.29) is 43.8 Å². The molecule has 0 unspecified atom stereocenters. The molecule has 0 atom stereocenters. The number of rotatable bonds is 26. The number of aromatic nitrogens is 2. The predicted octanol–water partition coefficient (Wildman–Crippen LogP) is 4.12. The molecule has 382 valence electrons. The highest BCUT2D eigenvalue weighted by Crippen LogP contribution is 2.40. The summed E-state index contributed by atoms with van der Waals surface area (Å²) < 4.78 is 24.3. The fourth-order valence-corrected chi connectivity index (χ4v) is 8.38. The maximum absolute atomic E-state index is 13.0. The number of aliphatic carboxylic acids is 3. The van der Waals surface area contributed by atoms with Crippen molar-refractivity contribution in [2.45, 2.75) is 65.2 Å². The summed E-state index contributed by atoms with van der Waals surface area (Å²) in [6.45, 7) is 10.4. The first-order valence-corrected chi connectivity index (χ1v) is 23.9. The standard InChI is InChI=1S/C41H58N8O12.C8H16/c1-28(2)30-22-29(8-9-32(30)49-33(23-31(45-49)41(57)44-24-37(51)52)40-34(58-3)6-5-7-35(40)59-4)42-10-18-60-20-21-61-19-11-43-36(50)25-46-12-14-47(26-38(53)54)16-17-48(15-13-46)27-39(55)56;1-2-5-8-6-3-4-7-8/h5-9,22-23,28,42H,10-21,24-27H2,1-4H3,(H,43,50)(H,44,57)(H,51,52)(H,53,54)(H,55,56);8H,2-7H2,1H3. The Hall–Kier alpha value is -5.80. The number of nitrogens with zero attached hydrogens (tertiary/aromatic N) is 5. The molecule has 2 fully saturated rings. The number of carboxylic acid groups (broad SMARTS) is 3. The Labute approximate surface area is 405 Å². The minimum atomic E-state index is -1.18. The molecule has 2 amide bonds. The highest BCUT2D eigenvalue weighted by Gasteiger charge is 2.25. The van der Waals surface area contributed by atoms with Crippen LogP contribution in [0.25, 0.3) is 16.9 Å². The second kappa shape index (κ2) is 29.9. The molecule has 1 saturated heterocycles. The molecule has 69 heavy (non-hydrogen) atoms. The van der Waals surface area contributed by atoms with Gasteiger partial charge in [0.2, 0.25) is 5.91 Å². The van der Waals surface area contributed by atoms with Gasteiger partial charge in [-0.15, -0.1) is 0 Å². The zero-order valence-electron chi connectivity index (χ0n) is 41.0. The lowest BCUT2D eigenvalue weighted by molar-refractivity contribution is -0.140. The molecule has 3 aromatic rings. The molecule has 2 aromatic carbocycles. The molecule has 20 heteroatoms. The van der Waals surface area contributed by atoms with Crippen molar-refractivity contribution < 1.29 is 58.2 Å². The Morgan fingerprint density at radius 3 is 1.81 bits per heavy atom. The van der Waals surface area contributed by atoms with Crippen molar-refractivity contribution in [3.05, 3.63) is 53.7 Å². The summed E-state index contributed by atoms with van der Waals surface area (Å²) in [7, 11) is 3.07. The normalized spacial score (nSPS) is 15.0. The van der Waals surface area contributed by atoms with Crippen molar-refractivity contribution in [3.63, 3.8) is 0 Å². The van der Waals surface area contributed by atoms with Gasteiger partial charge in [0.05, 0.1) is 77.2 Å². The number of carbonyl (C=O) groups is 5. The van der Waals surface area contributed by atoms with E-state index < -0.39 is 30.4 Å². The number of carbonyl (C=O) groups excluding carboxylic acids is 2. The molecule has 1 aromatic heterocycles. The molecule has 20 nitrogen and oxygen atoms in total. The third-order valence-electron chi connectivity index (χ3n) is 11.9. The van der Waals surface area contributed by atoms with Crippen LogP contribution in [0.3, 0.4) is 0 Å². The van der Waals surface area contributed by atoms with E-state index in [0.717, 1.165) is 17.2 Å². The lowest BCUT2D eigenvalue weighted by atomic mass is 9.99. The number of amides is 2. The van der Waals surface area contributed by atoms with E-state index in [1.54, 1.807) is 38.7 Å². The SMILES string of the molecule is CCCC1CCCC1.COc1cccc(OC)c1-c1cc(C(=O)NCC(=O)O)nn1-c1ccc(NCCOCCOCCNC(=O)CN2CCN(CC(=O)O)CCN(CC(=O)O)CC2)cc1C(C)C. The van der Waals surface area contributed by atoms with Gasteiger partial charge in [-0.25, -0.2) is 4.68 Å². The van der Waals surface area contributed by atoms with Crippen LogP contribution in [0.1, 0.15) is 81.3 Å². The summed E-state index contributed by atoms with van der Waals surface area (Å²) in [6.07, 6.45) is 8.93. The second-order valence-corrected chi connectivity index (χ2v) is 17.4. The zero-order valence-corrected chi connectivity index (χ0v) is 41.0. The van der Waals surface area contributed by atoms with E-state index in [9.17, 15) is 34.2 Å². The Morgan fingerprint density at radius 1 is 0.725 bits per heavy atom. The second-order valence-electron chi connectivity index (χ2n) is 17.4. The number of anilines is 1. The van der Waals surface area contributed by atoms with Crippen molar-refractivity contribution in [1.82, 2.24) is 35.1 Å². The molecule has 2 aliphatic rings. The largest absolute Gasteiger partial charge is 0.496 e. The molecule has 0 bridgehead atoms. The molecule has 1 saturated carbocycles. The maximum atomic E-state index is 13.0. The van der Waals surface area contributed by atoms with Crippen LogP contribution in [0, 0.1) is 5.92 Å². The average molecular weight is 967 g/mol. The Morgan fingerprint density at radius 2 is 1.29 bits per heavy atom. The lowest BCUT2D eigenvalue weighted by Gasteiger charge is -2.24. The summed E-state index contributed by atoms with van der Waals surface area (Å²) in [5.74, 6) is -1.82. The van der Waals surface area contributed by atoms with Crippen molar-refractivity contribution in [3.8, 4) is 28.4 Å². The molecule has 6 N–H and O–H groups in total. The first kappa shape index (κ1) is 55.8. The highest BCUT2D eigenvalue weighted by molar-refractivity contribution is 5.95. The van der Waals surface area contributed by atoms with Gasteiger partial charge in [0.15, 0.2) is 5.69 Å². The predicted molar refractivity (Wildman–Crippen MR) is 261 cm³/mol. The Bertz CT molecular complexity index is 2040. The molecular weight excluding hydrogens is 893 g/mol. The summed E-state index contributed by atoms with van der Waals surface area (Å²) in [5.41, 5.74) is 3.55. The minimum Gasteiger partial charge on any atom is -0.496 e. The van der Waals surface area contributed by atoms with Crippen molar-refractivity contribution >= 4 is 35.4 Å². The Kier molecular flexibility index (Phi) is 24.2. The quantitative estimate of drug-likeness (QED) is 0.0620. The fraction of sp³-hybridized carbons (Fsp3) is 0.592. The van der Waals surface area contributed by atoms with Crippen LogP contribution >= 0.6 is 0 Å². The van der Waals surface area contributed by atoms with Crippen LogP contribution in [-0.2, 0) is 28.7 Å². The number of nitrogens with one attached hydrogen (secondary N) is 3. The highest BCUT2D eigenvalue weighted by atomic mass is 16.5. The molecule has 0 radical (unpaired) electrons. The molecule has 1 aliphatic carbocycles. The van der Waals surface area contributed by atoms with Crippen molar-refractivity contribution in [1.29, 1.82) is 0 Å². The van der Waals surface area contributed by atoms with Crippen LogP contribution in [0.4, 0.5) is 5.69 Å². The molecular formula is C49H74N8O12. The van der Waals surface area contributed by atoms with Gasteiger partial charge in [0.1, 0.15) is 18.0 Å². The number of hydrogen-bond acceptors (Lipinski definition) is 14. The summed E-state index contributed by atoms with van der Waals surface area (Å²) in [5, 5.41) is 40.8. The molecule has 5 rings (SSSR count).